The maximum atomic E-state index is 11.5. The summed E-state index contributed by atoms with van der Waals surface area (Å²) in [4.78, 5) is 11.5. The van der Waals surface area contributed by atoms with E-state index in [0.717, 1.165) is 31.4 Å². The molecule has 2 aliphatic carbocycles. The van der Waals surface area contributed by atoms with E-state index in [0.29, 0.717) is 11.7 Å². The quantitative estimate of drug-likeness (QED) is 0.849. The van der Waals surface area contributed by atoms with Crippen LogP contribution in [0.15, 0.2) is 24.3 Å². The molecule has 0 saturated heterocycles. The van der Waals surface area contributed by atoms with Gasteiger partial charge in [0.2, 0.25) is 0 Å². The second kappa shape index (κ2) is 6.01. The summed E-state index contributed by atoms with van der Waals surface area (Å²) in [6.07, 6.45) is 5.11. The van der Waals surface area contributed by atoms with Gasteiger partial charge in [-0.2, -0.15) is 11.8 Å². The molecule has 2 atom stereocenters. The Morgan fingerprint density at radius 1 is 1.43 bits per heavy atom. The van der Waals surface area contributed by atoms with Gasteiger partial charge in [0, 0.05) is 11.3 Å². The van der Waals surface area contributed by atoms with Gasteiger partial charge in [-0.3, -0.25) is 4.79 Å². The van der Waals surface area contributed by atoms with Gasteiger partial charge in [-0.25, -0.2) is 0 Å². The molecule has 3 nitrogen and oxygen atoms in total. The second-order valence-corrected chi connectivity index (χ2v) is 7.59. The third kappa shape index (κ3) is 3.27. The zero-order valence-electron chi connectivity index (χ0n) is 12.5. The maximum Gasteiger partial charge on any atom is 0.306 e. The van der Waals surface area contributed by atoms with Crippen LogP contribution in [0, 0.1) is 5.41 Å². The lowest BCUT2D eigenvalue weighted by Gasteiger charge is -2.31. The molecule has 2 aliphatic rings. The van der Waals surface area contributed by atoms with E-state index in [2.05, 4.69) is 24.3 Å². The van der Waals surface area contributed by atoms with Gasteiger partial charge in [0.25, 0.3) is 0 Å². The molecule has 0 amide bonds. The average Bonchev–Trinajstić information content (AvgIpc) is 3.26. The molecule has 0 spiro atoms. The van der Waals surface area contributed by atoms with Crippen LogP contribution in [0.1, 0.15) is 42.9 Å². The lowest BCUT2D eigenvalue weighted by Crippen LogP contribution is -2.30. The Balaban J connectivity index is 1.59. The fourth-order valence-corrected chi connectivity index (χ4v) is 4.76. The Hall–Kier alpha value is -1.00. The number of benzene rings is 1. The van der Waals surface area contributed by atoms with Gasteiger partial charge in [-0.1, -0.05) is 24.3 Å². The molecular formula is C17H23NO2S. The van der Waals surface area contributed by atoms with Crippen molar-refractivity contribution in [3.8, 4) is 0 Å². The van der Waals surface area contributed by atoms with Gasteiger partial charge in [0.15, 0.2) is 0 Å². The van der Waals surface area contributed by atoms with Gasteiger partial charge in [0.05, 0.1) is 13.5 Å². The molecular weight excluding hydrogens is 282 g/mol. The number of nitrogens with two attached hydrogens (primary N) is 1. The van der Waals surface area contributed by atoms with Crippen LogP contribution >= 0.6 is 11.8 Å². The van der Waals surface area contributed by atoms with E-state index >= 15 is 0 Å². The summed E-state index contributed by atoms with van der Waals surface area (Å²) >= 11 is 1.96. The van der Waals surface area contributed by atoms with Crippen molar-refractivity contribution in [1.82, 2.24) is 0 Å². The van der Waals surface area contributed by atoms with E-state index in [1.807, 2.05) is 11.8 Å². The Labute approximate surface area is 130 Å². The van der Waals surface area contributed by atoms with Crippen molar-refractivity contribution in [3.63, 3.8) is 0 Å². The molecule has 0 heterocycles. The molecule has 2 N–H and O–H groups in total. The molecule has 1 aromatic rings. The van der Waals surface area contributed by atoms with Crippen LogP contribution in [-0.4, -0.2) is 24.1 Å². The van der Waals surface area contributed by atoms with Crippen LogP contribution in [-0.2, 0) is 16.0 Å². The minimum absolute atomic E-state index is 0.0774. The molecule has 1 aromatic carbocycles. The molecule has 21 heavy (non-hydrogen) atoms. The van der Waals surface area contributed by atoms with E-state index < -0.39 is 0 Å². The molecule has 1 fully saturated rings. The highest BCUT2D eigenvalue weighted by molar-refractivity contribution is 8.00. The Morgan fingerprint density at radius 3 is 2.90 bits per heavy atom. The number of carbonyl (C=O) groups excluding carboxylic acids is 1. The summed E-state index contributed by atoms with van der Waals surface area (Å²) in [5.74, 6) is 0.953. The minimum atomic E-state index is -0.0774. The topological polar surface area (TPSA) is 52.3 Å². The minimum Gasteiger partial charge on any atom is -0.469 e. The maximum absolute atomic E-state index is 11.5. The summed E-state index contributed by atoms with van der Waals surface area (Å²) in [6.45, 7) is 0. The first-order valence-corrected chi connectivity index (χ1v) is 8.70. The van der Waals surface area contributed by atoms with Gasteiger partial charge >= 0.3 is 5.97 Å². The van der Waals surface area contributed by atoms with E-state index in [-0.39, 0.29) is 17.4 Å². The molecule has 1 saturated carbocycles. The summed E-state index contributed by atoms with van der Waals surface area (Å²) < 4.78 is 4.81. The Kier molecular flexibility index (Phi) is 4.27. The number of thioether (sulfide) groups is 1. The summed E-state index contributed by atoms with van der Waals surface area (Å²) in [6, 6.07) is 8.64. The predicted octanol–water partition coefficient (Wildman–Crippen LogP) is 3.08. The third-order valence-corrected chi connectivity index (χ3v) is 6.56. The first-order valence-electron chi connectivity index (χ1n) is 7.65. The first-order chi connectivity index (χ1) is 10.1. The van der Waals surface area contributed by atoms with Crippen LogP contribution < -0.4 is 5.73 Å². The number of rotatable bonds is 5. The number of esters is 1. The van der Waals surface area contributed by atoms with Crippen LogP contribution in [0.3, 0.4) is 0 Å². The third-order valence-electron chi connectivity index (χ3n) is 4.82. The normalized spacial score (nSPS) is 26.0. The molecule has 0 bridgehead atoms. The number of carbonyl (C=O) groups is 1. The smallest absolute Gasteiger partial charge is 0.306 e. The lowest BCUT2D eigenvalue weighted by molar-refractivity contribution is -0.141. The van der Waals surface area contributed by atoms with E-state index in [1.165, 1.54) is 18.2 Å². The number of fused-ring (bicyclic) bond motifs is 1. The van der Waals surface area contributed by atoms with E-state index in [4.69, 9.17) is 10.5 Å². The SMILES string of the molecule is COC(=O)CC1(CSC2CCc3ccccc3C2N)CC1. The van der Waals surface area contributed by atoms with Gasteiger partial charge in [0.1, 0.15) is 0 Å². The van der Waals surface area contributed by atoms with Crippen molar-refractivity contribution >= 4 is 17.7 Å². The van der Waals surface area contributed by atoms with Gasteiger partial charge in [-0.05, 0) is 48.0 Å². The Bertz CT molecular complexity index is 527. The number of hydrogen-bond donors (Lipinski definition) is 1. The summed E-state index contributed by atoms with van der Waals surface area (Å²) in [5, 5.41) is 0.468. The zero-order chi connectivity index (χ0) is 14.9. The average molecular weight is 305 g/mol. The number of methoxy groups -OCH3 is 1. The zero-order valence-corrected chi connectivity index (χ0v) is 13.3. The van der Waals surface area contributed by atoms with Crippen LogP contribution in [0.25, 0.3) is 0 Å². The molecule has 0 radical (unpaired) electrons. The van der Waals surface area contributed by atoms with Crippen LogP contribution in [0.2, 0.25) is 0 Å². The predicted molar refractivity (Wildman–Crippen MR) is 86.2 cm³/mol. The van der Waals surface area contributed by atoms with Crippen molar-refractivity contribution in [2.75, 3.05) is 12.9 Å². The molecule has 3 rings (SSSR count). The molecule has 0 aromatic heterocycles. The highest BCUT2D eigenvalue weighted by Crippen LogP contribution is 2.52. The van der Waals surface area contributed by atoms with E-state index in [1.54, 1.807) is 0 Å². The van der Waals surface area contributed by atoms with Gasteiger partial charge < -0.3 is 10.5 Å². The standard InChI is InChI=1S/C17H23NO2S/c1-20-15(19)10-17(8-9-17)11-21-14-7-6-12-4-2-3-5-13(12)16(14)18/h2-5,14,16H,6-11,18H2,1H3. The van der Waals surface area contributed by atoms with Crippen molar-refractivity contribution in [2.24, 2.45) is 11.1 Å². The number of ether oxygens (including phenoxy) is 1. The highest BCUT2D eigenvalue weighted by atomic mass is 32.2. The van der Waals surface area contributed by atoms with E-state index in [9.17, 15) is 4.79 Å². The van der Waals surface area contributed by atoms with Crippen molar-refractivity contribution < 1.29 is 9.53 Å². The molecule has 0 aliphatic heterocycles. The molecule has 2 unspecified atom stereocenters. The lowest BCUT2D eigenvalue weighted by atomic mass is 9.88. The highest BCUT2D eigenvalue weighted by Gasteiger charge is 2.45. The van der Waals surface area contributed by atoms with Gasteiger partial charge in [-0.15, -0.1) is 0 Å². The van der Waals surface area contributed by atoms with Crippen molar-refractivity contribution in [2.45, 2.75) is 43.4 Å². The number of hydrogen-bond acceptors (Lipinski definition) is 4. The van der Waals surface area contributed by atoms with Crippen molar-refractivity contribution in [1.29, 1.82) is 0 Å². The second-order valence-electron chi connectivity index (χ2n) is 6.37. The summed E-state index contributed by atoms with van der Waals surface area (Å²) in [5.41, 5.74) is 9.35. The monoisotopic (exact) mass is 305 g/mol. The molecule has 114 valence electrons. The molecule has 4 heteroatoms. The fourth-order valence-electron chi connectivity index (χ4n) is 3.16. The van der Waals surface area contributed by atoms with Crippen LogP contribution in [0.4, 0.5) is 0 Å². The first kappa shape index (κ1) is 14.9. The fraction of sp³-hybridized carbons (Fsp3) is 0.588. The van der Waals surface area contributed by atoms with Crippen molar-refractivity contribution in [3.05, 3.63) is 35.4 Å². The van der Waals surface area contributed by atoms with Crippen LogP contribution in [0.5, 0.6) is 0 Å². The summed E-state index contributed by atoms with van der Waals surface area (Å²) in [7, 11) is 1.47. The number of aryl methyl sites for hydroxylation is 1. The Morgan fingerprint density at radius 2 is 2.19 bits per heavy atom. The largest absolute Gasteiger partial charge is 0.469 e.